The zero-order chi connectivity index (χ0) is 27.6. The van der Waals surface area contributed by atoms with Crippen molar-refractivity contribution in [2.75, 3.05) is 31.1 Å². The maximum Gasteiger partial charge on any atom is 0.269 e. The summed E-state index contributed by atoms with van der Waals surface area (Å²) >= 11 is 6.08. The molecule has 1 fully saturated rings. The van der Waals surface area contributed by atoms with Gasteiger partial charge in [0.15, 0.2) is 10.7 Å². The predicted molar refractivity (Wildman–Crippen MR) is 151 cm³/mol. The van der Waals surface area contributed by atoms with E-state index in [4.69, 9.17) is 16.1 Å². The summed E-state index contributed by atoms with van der Waals surface area (Å²) in [5.74, 6) is -0.568. The molecule has 0 unspecified atom stereocenters. The Bertz CT molecular complexity index is 1560. The highest BCUT2D eigenvalue weighted by Crippen LogP contribution is 2.27. The van der Waals surface area contributed by atoms with Crippen molar-refractivity contribution in [3.05, 3.63) is 100 Å². The molecular weight excluding hydrogens is 536 g/mol. The number of rotatable bonds is 7. The van der Waals surface area contributed by atoms with Crippen LogP contribution >= 0.6 is 11.6 Å². The second kappa shape index (κ2) is 11.2. The zero-order valence-corrected chi connectivity index (χ0v) is 23.3. The predicted octanol–water partition coefficient (Wildman–Crippen LogP) is 5.05. The molecule has 1 saturated heterocycles. The van der Waals surface area contributed by atoms with E-state index in [1.807, 2.05) is 24.3 Å². The van der Waals surface area contributed by atoms with Crippen molar-refractivity contribution >= 4 is 33.2 Å². The average molecular weight is 565 g/mol. The molecule has 0 bridgehead atoms. The van der Waals surface area contributed by atoms with Crippen LogP contribution in [0.5, 0.6) is 0 Å². The van der Waals surface area contributed by atoms with E-state index in [1.54, 1.807) is 12.1 Å². The van der Waals surface area contributed by atoms with Gasteiger partial charge in [0.2, 0.25) is 0 Å². The van der Waals surface area contributed by atoms with Gasteiger partial charge in [-0.2, -0.15) is 0 Å². The third-order valence-electron chi connectivity index (χ3n) is 6.90. The molecule has 1 N–H and O–H groups in total. The molecule has 0 saturated carbocycles. The summed E-state index contributed by atoms with van der Waals surface area (Å²) in [7, 11) is -4.09. The number of nitrogens with zero attached hydrogens (tertiary/aromatic N) is 3. The molecule has 4 aromatic rings. The molecule has 1 aromatic heterocycles. The van der Waals surface area contributed by atoms with Crippen LogP contribution in [0.2, 0.25) is 5.02 Å². The number of anilines is 1. The first-order valence-electron chi connectivity index (χ1n) is 12.6. The maximum atomic E-state index is 12.7. The molecule has 0 spiro atoms. The molecule has 5 rings (SSSR count). The van der Waals surface area contributed by atoms with Gasteiger partial charge >= 0.3 is 0 Å². The molecule has 1 amide bonds. The van der Waals surface area contributed by atoms with E-state index in [9.17, 15) is 13.2 Å². The molecule has 8 nitrogen and oxygen atoms in total. The smallest absolute Gasteiger partial charge is 0.269 e. The number of sulfonamides is 1. The quantitative estimate of drug-likeness (QED) is 0.335. The third-order valence-corrected chi connectivity index (χ3v) is 8.72. The Morgan fingerprint density at radius 1 is 0.949 bits per heavy atom. The van der Waals surface area contributed by atoms with Crippen LogP contribution in [-0.2, 0) is 16.6 Å². The van der Waals surface area contributed by atoms with Gasteiger partial charge in [-0.15, -0.1) is 0 Å². The first-order chi connectivity index (χ1) is 18.7. The highest BCUT2D eigenvalue weighted by molar-refractivity contribution is 7.90. The number of amides is 1. The minimum atomic E-state index is -4.09. The van der Waals surface area contributed by atoms with Crippen LogP contribution in [0.25, 0.3) is 11.1 Å². The lowest BCUT2D eigenvalue weighted by Crippen LogP contribution is -2.46. The molecule has 202 valence electrons. The Labute approximate surface area is 233 Å². The number of halogens is 1. The van der Waals surface area contributed by atoms with Gasteiger partial charge < -0.3 is 9.42 Å². The Morgan fingerprint density at radius 2 is 1.62 bits per heavy atom. The Hall–Kier alpha value is -3.66. The molecule has 0 atom stereocenters. The molecular formula is C29H29ClN4O4S. The number of benzene rings is 3. The highest BCUT2D eigenvalue weighted by atomic mass is 35.5. The zero-order valence-electron chi connectivity index (χ0n) is 21.7. The van der Waals surface area contributed by atoms with Crippen molar-refractivity contribution in [1.29, 1.82) is 0 Å². The Balaban J connectivity index is 1.19. The summed E-state index contributed by atoms with van der Waals surface area (Å²) in [5.41, 5.74) is 5.08. The number of carbonyl (C=O) groups is 1. The lowest BCUT2D eigenvalue weighted by Gasteiger charge is -2.36. The van der Waals surface area contributed by atoms with Crippen molar-refractivity contribution in [2.45, 2.75) is 25.3 Å². The van der Waals surface area contributed by atoms with E-state index in [-0.39, 0.29) is 21.9 Å². The molecule has 10 heteroatoms. The van der Waals surface area contributed by atoms with Gasteiger partial charge in [0.05, 0.1) is 0 Å². The van der Waals surface area contributed by atoms with E-state index in [1.165, 1.54) is 25.0 Å². The first-order valence-corrected chi connectivity index (χ1v) is 14.5. The number of piperazine rings is 1. The summed E-state index contributed by atoms with van der Waals surface area (Å²) < 4.78 is 32.4. The second-order valence-corrected chi connectivity index (χ2v) is 11.6. The van der Waals surface area contributed by atoms with Crippen LogP contribution in [0.4, 0.5) is 5.69 Å². The standard InChI is InChI=1S/C29H29ClN4O4S/c1-20-28(21(2)38-31-20)39(36,37)32-29(35)23-9-13-26(14-10-23)34-17-15-33(16-18-34)19-24-5-3-4-6-27(24)22-7-11-25(30)12-8-22/h3-14H,15-19H2,1-2H3,(H,32,35). The summed E-state index contributed by atoms with van der Waals surface area (Å²) in [5, 5.41) is 4.38. The van der Waals surface area contributed by atoms with E-state index < -0.39 is 15.9 Å². The average Bonchev–Trinajstić information content (AvgIpc) is 3.28. The van der Waals surface area contributed by atoms with Crippen molar-refractivity contribution in [2.24, 2.45) is 0 Å². The topological polar surface area (TPSA) is 95.8 Å². The van der Waals surface area contributed by atoms with E-state index in [0.717, 1.165) is 49.0 Å². The third kappa shape index (κ3) is 6.00. The molecule has 39 heavy (non-hydrogen) atoms. The van der Waals surface area contributed by atoms with E-state index in [2.05, 4.69) is 56.1 Å². The molecule has 1 aliphatic rings. The fourth-order valence-corrected chi connectivity index (χ4v) is 6.32. The van der Waals surface area contributed by atoms with Gasteiger partial charge in [-0.25, -0.2) is 13.1 Å². The number of hydrogen-bond donors (Lipinski definition) is 1. The van der Waals surface area contributed by atoms with E-state index >= 15 is 0 Å². The van der Waals surface area contributed by atoms with Gasteiger partial charge in [-0.05, 0) is 66.9 Å². The normalized spacial score (nSPS) is 14.4. The summed E-state index contributed by atoms with van der Waals surface area (Å²) in [4.78, 5) is 17.3. The Kier molecular flexibility index (Phi) is 7.74. The summed E-state index contributed by atoms with van der Waals surface area (Å²) in [6, 6.07) is 23.4. The molecule has 2 heterocycles. The van der Waals surface area contributed by atoms with Crippen LogP contribution in [0, 0.1) is 13.8 Å². The monoisotopic (exact) mass is 564 g/mol. The van der Waals surface area contributed by atoms with Gasteiger partial charge in [-0.1, -0.05) is 53.2 Å². The minimum Gasteiger partial charge on any atom is -0.369 e. The van der Waals surface area contributed by atoms with Crippen LogP contribution < -0.4 is 9.62 Å². The molecule has 3 aromatic carbocycles. The molecule has 0 radical (unpaired) electrons. The molecule has 1 aliphatic heterocycles. The highest BCUT2D eigenvalue weighted by Gasteiger charge is 2.27. The Morgan fingerprint density at radius 3 is 2.26 bits per heavy atom. The van der Waals surface area contributed by atoms with Crippen molar-refractivity contribution in [3.63, 3.8) is 0 Å². The number of hydrogen-bond acceptors (Lipinski definition) is 7. The van der Waals surface area contributed by atoms with Crippen LogP contribution in [0.3, 0.4) is 0 Å². The lowest BCUT2D eigenvalue weighted by molar-refractivity contribution is 0.0981. The fourth-order valence-electron chi connectivity index (χ4n) is 4.89. The molecule has 0 aliphatic carbocycles. The minimum absolute atomic E-state index is 0.110. The largest absolute Gasteiger partial charge is 0.369 e. The van der Waals surface area contributed by atoms with Crippen LogP contribution in [0.15, 0.2) is 82.2 Å². The van der Waals surface area contributed by atoms with Gasteiger partial charge in [0.25, 0.3) is 15.9 Å². The van der Waals surface area contributed by atoms with E-state index in [0.29, 0.717) is 0 Å². The van der Waals surface area contributed by atoms with Crippen LogP contribution in [-0.4, -0.2) is 50.6 Å². The number of aromatic nitrogens is 1. The first kappa shape index (κ1) is 26.9. The summed E-state index contributed by atoms with van der Waals surface area (Å²) in [6.07, 6.45) is 0. The van der Waals surface area contributed by atoms with Gasteiger partial charge in [0.1, 0.15) is 5.69 Å². The van der Waals surface area contributed by atoms with Crippen LogP contribution in [0.1, 0.15) is 27.4 Å². The van der Waals surface area contributed by atoms with Crippen molar-refractivity contribution in [1.82, 2.24) is 14.8 Å². The maximum absolute atomic E-state index is 12.7. The van der Waals surface area contributed by atoms with Crippen molar-refractivity contribution in [3.8, 4) is 11.1 Å². The van der Waals surface area contributed by atoms with Gasteiger partial charge in [0, 0.05) is 49.0 Å². The number of aryl methyl sites for hydroxylation is 2. The fraction of sp³-hybridized carbons (Fsp3) is 0.241. The second-order valence-electron chi connectivity index (χ2n) is 9.56. The number of nitrogens with one attached hydrogen (secondary N) is 1. The summed E-state index contributed by atoms with van der Waals surface area (Å²) in [6.45, 7) is 7.34. The SMILES string of the molecule is Cc1noc(C)c1S(=O)(=O)NC(=O)c1ccc(N2CCN(Cc3ccccc3-c3ccc(Cl)cc3)CC2)cc1. The lowest BCUT2D eigenvalue weighted by atomic mass is 9.99. The van der Waals surface area contributed by atoms with Crippen molar-refractivity contribution < 1.29 is 17.7 Å². The number of carbonyl (C=O) groups excluding carboxylic acids is 1. The van der Waals surface area contributed by atoms with Gasteiger partial charge in [-0.3, -0.25) is 9.69 Å².